The summed E-state index contributed by atoms with van der Waals surface area (Å²) in [7, 11) is 1.24. The van der Waals surface area contributed by atoms with Crippen molar-refractivity contribution in [2.24, 2.45) is 5.92 Å². The zero-order valence-electron chi connectivity index (χ0n) is 15.9. The van der Waals surface area contributed by atoms with Crippen molar-refractivity contribution < 1.29 is 32.7 Å². The van der Waals surface area contributed by atoms with Crippen LogP contribution in [0.4, 0.5) is 4.39 Å². The zero-order valence-corrected chi connectivity index (χ0v) is 15.9. The molecule has 0 aliphatic heterocycles. The molecule has 1 heterocycles. The van der Waals surface area contributed by atoms with Crippen molar-refractivity contribution in [1.82, 2.24) is 5.32 Å². The molecular formula is C20H22FNO6. The van der Waals surface area contributed by atoms with E-state index in [1.54, 1.807) is 13.0 Å². The Morgan fingerprint density at radius 1 is 1.14 bits per heavy atom. The number of hydrogen-bond donors (Lipinski definition) is 1. The predicted molar refractivity (Wildman–Crippen MR) is 97.8 cm³/mol. The Bertz CT molecular complexity index is 829. The molecular weight excluding hydrogens is 369 g/mol. The molecule has 0 unspecified atom stereocenters. The van der Waals surface area contributed by atoms with E-state index in [2.05, 4.69) is 10.1 Å². The van der Waals surface area contributed by atoms with Crippen LogP contribution in [0, 0.1) is 11.7 Å². The molecule has 0 saturated carbocycles. The quantitative estimate of drug-likeness (QED) is 0.695. The first-order chi connectivity index (χ1) is 13.3. The summed E-state index contributed by atoms with van der Waals surface area (Å²) in [5.74, 6) is -2.29. The average Bonchev–Trinajstić information content (AvgIpc) is 3.19. The van der Waals surface area contributed by atoms with Gasteiger partial charge in [0.05, 0.1) is 7.11 Å². The molecule has 0 spiro atoms. The molecule has 0 bridgehead atoms. The van der Waals surface area contributed by atoms with Gasteiger partial charge in [0, 0.05) is 5.56 Å². The molecule has 1 amide bonds. The van der Waals surface area contributed by atoms with E-state index >= 15 is 0 Å². The fraction of sp³-hybridized carbons (Fsp3) is 0.350. The lowest BCUT2D eigenvalue weighted by molar-refractivity contribution is -0.147. The van der Waals surface area contributed by atoms with Gasteiger partial charge < -0.3 is 19.2 Å². The summed E-state index contributed by atoms with van der Waals surface area (Å²) in [5.41, 5.74) is 0.590. The number of rotatable bonds is 8. The fourth-order valence-electron chi connectivity index (χ4n) is 2.43. The monoisotopic (exact) mass is 391 g/mol. The Morgan fingerprint density at radius 2 is 1.82 bits per heavy atom. The molecule has 2 atom stereocenters. The number of ether oxygens (including phenoxy) is 2. The number of benzene rings is 1. The van der Waals surface area contributed by atoms with E-state index in [1.165, 1.54) is 37.4 Å². The molecule has 1 N–H and O–H groups in total. The summed E-state index contributed by atoms with van der Waals surface area (Å²) in [4.78, 5) is 35.9. The van der Waals surface area contributed by atoms with Gasteiger partial charge in [-0.15, -0.1) is 0 Å². The maximum atomic E-state index is 13.0. The van der Waals surface area contributed by atoms with Gasteiger partial charge in [0.2, 0.25) is 5.76 Å². The van der Waals surface area contributed by atoms with Crippen LogP contribution in [0.1, 0.15) is 30.8 Å². The first-order valence-electron chi connectivity index (χ1n) is 8.75. The molecule has 0 aliphatic carbocycles. The van der Waals surface area contributed by atoms with Crippen molar-refractivity contribution in [3.63, 3.8) is 0 Å². The summed E-state index contributed by atoms with van der Waals surface area (Å²) in [6, 6.07) is 7.69. The van der Waals surface area contributed by atoms with Crippen molar-refractivity contribution in [3.05, 3.63) is 48.0 Å². The number of halogens is 1. The smallest absolute Gasteiger partial charge is 0.374 e. The van der Waals surface area contributed by atoms with Crippen LogP contribution in [0.5, 0.6) is 0 Å². The van der Waals surface area contributed by atoms with Crippen molar-refractivity contribution in [3.8, 4) is 11.3 Å². The number of hydrogen-bond acceptors (Lipinski definition) is 6. The van der Waals surface area contributed by atoms with Gasteiger partial charge in [-0.3, -0.25) is 4.79 Å². The molecule has 0 fully saturated rings. The lowest BCUT2D eigenvalue weighted by Crippen LogP contribution is -2.47. The van der Waals surface area contributed by atoms with Crippen molar-refractivity contribution in [2.75, 3.05) is 13.7 Å². The number of carbonyl (C=O) groups excluding carboxylic acids is 3. The third-order valence-corrected chi connectivity index (χ3v) is 4.25. The first-order valence-corrected chi connectivity index (χ1v) is 8.75. The minimum absolute atomic E-state index is 0.0985. The second-order valence-electron chi connectivity index (χ2n) is 6.20. The van der Waals surface area contributed by atoms with E-state index in [-0.39, 0.29) is 17.5 Å². The maximum Gasteiger partial charge on any atom is 0.374 e. The first kappa shape index (κ1) is 21.1. The molecule has 0 aliphatic rings. The molecule has 28 heavy (non-hydrogen) atoms. The highest BCUT2D eigenvalue weighted by Gasteiger charge is 2.27. The Labute approximate surface area is 161 Å². The van der Waals surface area contributed by atoms with Gasteiger partial charge in [-0.1, -0.05) is 20.3 Å². The minimum Gasteiger partial charge on any atom is -0.467 e. The number of furan rings is 1. The van der Waals surface area contributed by atoms with Gasteiger partial charge in [-0.25, -0.2) is 14.0 Å². The Hall–Kier alpha value is -3.16. The van der Waals surface area contributed by atoms with Crippen LogP contribution in [0.15, 0.2) is 40.8 Å². The van der Waals surface area contributed by atoms with Crippen LogP contribution >= 0.6 is 0 Å². The second kappa shape index (κ2) is 9.68. The number of amides is 1. The standard InChI is InChI=1S/C20H22FNO6/c1-4-12(2)18(20(25)26-3)22-17(23)11-27-19(24)16-10-9-15(28-16)13-5-7-14(21)8-6-13/h5-10,12,18H,4,11H2,1-3H3,(H,22,23)/t12-,18+/m0/s1. The summed E-state index contributed by atoms with van der Waals surface area (Å²) in [6.07, 6.45) is 0.651. The molecule has 1 aromatic heterocycles. The topological polar surface area (TPSA) is 94.8 Å². The van der Waals surface area contributed by atoms with Gasteiger partial charge in [0.25, 0.3) is 5.91 Å². The van der Waals surface area contributed by atoms with E-state index < -0.39 is 30.5 Å². The van der Waals surface area contributed by atoms with Crippen LogP contribution < -0.4 is 5.32 Å². The molecule has 2 aromatic rings. The fourth-order valence-corrected chi connectivity index (χ4v) is 2.43. The lowest BCUT2D eigenvalue weighted by atomic mass is 9.99. The second-order valence-corrected chi connectivity index (χ2v) is 6.20. The number of methoxy groups -OCH3 is 1. The molecule has 2 rings (SSSR count). The summed E-state index contributed by atoms with van der Waals surface area (Å²) >= 11 is 0. The SMILES string of the molecule is CC[C@H](C)[C@@H](NC(=O)COC(=O)c1ccc(-c2ccc(F)cc2)o1)C(=O)OC. The average molecular weight is 391 g/mol. The highest BCUT2D eigenvalue weighted by atomic mass is 19.1. The van der Waals surface area contributed by atoms with Crippen LogP contribution in [0.2, 0.25) is 0 Å². The Morgan fingerprint density at radius 3 is 2.43 bits per heavy atom. The normalized spacial score (nSPS) is 12.7. The third-order valence-electron chi connectivity index (χ3n) is 4.25. The molecule has 8 heteroatoms. The van der Waals surface area contributed by atoms with Crippen molar-refractivity contribution >= 4 is 17.8 Å². The zero-order chi connectivity index (χ0) is 20.7. The summed E-state index contributed by atoms with van der Waals surface area (Å²) in [5, 5.41) is 2.50. The number of esters is 2. The highest BCUT2D eigenvalue weighted by molar-refractivity contribution is 5.90. The molecule has 7 nitrogen and oxygen atoms in total. The Kier molecular flexibility index (Phi) is 7.31. The molecule has 150 valence electrons. The van der Waals surface area contributed by atoms with E-state index in [4.69, 9.17) is 9.15 Å². The predicted octanol–water partition coefficient (Wildman–Crippen LogP) is 2.95. The van der Waals surface area contributed by atoms with E-state index in [9.17, 15) is 18.8 Å². The van der Waals surface area contributed by atoms with Gasteiger partial charge >= 0.3 is 11.9 Å². The number of nitrogens with one attached hydrogen (secondary N) is 1. The van der Waals surface area contributed by atoms with Crippen molar-refractivity contribution in [1.29, 1.82) is 0 Å². The third kappa shape index (κ3) is 5.42. The van der Waals surface area contributed by atoms with Gasteiger partial charge in [-0.2, -0.15) is 0 Å². The van der Waals surface area contributed by atoms with Crippen LogP contribution in [-0.4, -0.2) is 37.6 Å². The summed E-state index contributed by atoms with van der Waals surface area (Å²) in [6.45, 7) is 3.10. The Balaban J connectivity index is 1.93. The number of carbonyl (C=O) groups is 3. The lowest BCUT2D eigenvalue weighted by Gasteiger charge is -2.21. The van der Waals surface area contributed by atoms with Crippen LogP contribution in [-0.2, 0) is 19.1 Å². The summed E-state index contributed by atoms with van der Waals surface area (Å²) < 4.78 is 28.0. The van der Waals surface area contributed by atoms with Gasteiger partial charge in [-0.05, 0) is 42.3 Å². The maximum absolute atomic E-state index is 13.0. The van der Waals surface area contributed by atoms with Crippen molar-refractivity contribution in [2.45, 2.75) is 26.3 Å². The molecule has 0 saturated heterocycles. The molecule has 1 aromatic carbocycles. The van der Waals surface area contributed by atoms with E-state index in [0.29, 0.717) is 17.7 Å². The van der Waals surface area contributed by atoms with E-state index in [0.717, 1.165) is 0 Å². The van der Waals surface area contributed by atoms with Crippen LogP contribution in [0.25, 0.3) is 11.3 Å². The minimum atomic E-state index is -0.832. The van der Waals surface area contributed by atoms with Gasteiger partial charge in [0.1, 0.15) is 17.6 Å². The van der Waals surface area contributed by atoms with Gasteiger partial charge in [0.15, 0.2) is 6.61 Å². The molecule has 0 radical (unpaired) electrons. The van der Waals surface area contributed by atoms with Crippen LogP contribution in [0.3, 0.4) is 0 Å². The van der Waals surface area contributed by atoms with E-state index in [1.807, 2.05) is 6.92 Å². The largest absolute Gasteiger partial charge is 0.467 e. The highest BCUT2D eigenvalue weighted by Crippen LogP contribution is 2.22.